The normalized spacial score (nSPS) is 12.2. The number of nitrogens with one attached hydrogen (secondary N) is 1. The molecule has 2 rings (SSSR count). The molecule has 0 aliphatic rings. The van der Waals surface area contributed by atoms with E-state index in [0.29, 0.717) is 6.61 Å². The summed E-state index contributed by atoms with van der Waals surface area (Å²) in [7, 11) is 0. The van der Waals surface area contributed by atoms with Gasteiger partial charge in [0.1, 0.15) is 11.6 Å². The molecular formula is C17H20FNO. The lowest BCUT2D eigenvalue weighted by molar-refractivity contribution is 0.340. The Labute approximate surface area is 119 Å². The number of ether oxygens (including phenoxy) is 1. The minimum atomic E-state index is -0.197. The van der Waals surface area contributed by atoms with E-state index in [4.69, 9.17) is 4.74 Å². The summed E-state index contributed by atoms with van der Waals surface area (Å²) in [4.78, 5) is 0. The first-order valence-electron chi connectivity index (χ1n) is 6.89. The fourth-order valence-electron chi connectivity index (χ4n) is 2.03. The van der Waals surface area contributed by atoms with Crippen LogP contribution < -0.4 is 10.1 Å². The molecule has 0 amide bonds. The van der Waals surface area contributed by atoms with E-state index in [-0.39, 0.29) is 11.9 Å². The molecule has 0 heterocycles. The standard InChI is InChI=1S/C17H20FNO/c1-3-20-17-9-7-14(8-10-17)12-19-13(2)15-5-4-6-16(18)11-15/h4-11,13,19H,3,12H2,1-2H3/t13-/m1/s1. The number of halogens is 1. The third kappa shape index (κ3) is 4.07. The van der Waals surface area contributed by atoms with Gasteiger partial charge in [0.05, 0.1) is 6.61 Å². The maximum absolute atomic E-state index is 13.2. The van der Waals surface area contributed by atoms with Crippen LogP contribution in [0.1, 0.15) is 31.0 Å². The van der Waals surface area contributed by atoms with Gasteiger partial charge in [0.2, 0.25) is 0 Å². The van der Waals surface area contributed by atoms with E-state index in [1.165, 1.54) is 11.6 Å². The molecule has 0 unspecified atom stereocenters. The molecule has 2 aromatic carbocycles. The fourth-order valence-corrected chi connectivity index (χ4v) is 2.03. The van der Waals surface area contributed by atoms with E-state index in [1.54, 1.807) is 12.1 Å². The van der Waals surface area contributed by atoms with Gasteiger partial charge in [0.25, 0.3) is 0 Å². The van der Waals surface area contributed by atoms with Crippen molar-refractivity contribution in [2.75, 3.05) is 6.61 Å². The monoisotopic (exact) mass is 273 g/mol. The van der Waals surface area contributed by atoms with Gasteiger partial charge >= 0.3 is 0 Å². The van der Waals surface area contributed by atoms with Crippen molar-refractivity contribution >= 4 is 0 Å². The Bertz CT molecular complexity index is 539. The van der Waals surface area contributed by atoms with Crippen molar-refractivity contribution in [1.82, 2.24) is 5.32 Å². The third-order valence-electron chi connectivity index (χ3n) is 3.20. The van der Waals surface area contributed by atoms with Crippen LogP contribution in [0.3, 0.4) is 0 Å². The summed E-state index contributed by atoms with van der Waals surface area (Å²) >= 11 is 0. The summed E-state index contributed by atoms with van der Waals surface area (Å²) in [5.41, 5.74) is 2.13. The lowest BCUT2D eigenvalue weighted by Gasteiger charge is -2.14. The molecule has 0 aliphatic heterocycles. The Hall–Kier alpha value is -1.87. The highest BCUT2D eigenvalue weighted by molar-refractivity contribution is 5.27. The van der Waals surface area contributed by atoms with Crippen molar-refractivity contribution in [3.63, 3.8) is 0 Å². The maximum atomic E-state index is 13.2. The van der Waals surface area contributed by atoms with Gasteiger partial charge < -0.3 is 10.1 Å². The first-order chi connectivity index (χ1) is 9.69. The van der Waals surface area contributed by atoms with E-state index >= 15 is 0 Å². The van der Waals surface area contributed by atoms with Crippen LogP contribution in [-0.4, -0.2) is 6.61 Å². The highest BCUT2D eigenvalue weighted by Gasteiger charge is 2.05. The van der Waals surface area contributed by atoms with Gasteiger partial charge in [0, 0.05) is 12.6 Å². The lowest BCUT2D eigenvalue weighted by atomic mass is 10.1. The first kappa shape index (κ1) is 14.5. The van der Waals surface area contributed by atoms with Crippen molar-refractivity contribution in [2.24, 2.45) is 0 Å². The van der Waals surface area contributed by atoms with Crippen LogP contribution in [0.2, 0.25) is 0 Å². The molecule has 106 valence electrons. The molecular weight excluding hydrogens is 253 g/mol. The molecule has 0 fully saturated rings. The van der Waals surface area contributed by atoms with Crippen LogP contribution in [0.25, 0.3) is 0 Å². The van der Waals surface area contributed by atoms with E-state index in [1.807, 2.05) is 44.2 Å². The molecule has 2 nitrogen and oxygen atoms in total. The molecule has 0 bridgehead atoms. The summed E-state index contributed by atoms with van der Waals surface area (Å²) < 4.78 is 18.6. The quantitative estimate of drug-likeness (QED) is 0.856. The second kappa shape index (κ2) is 7.06. The fraction of sp³-hybridized carbons (Fsp3) is 0.294. The Morgan fingerprint density at radius 3 is 2.55 bits per heavy atom. The second-order valence-electron chi connectivity index (χ2n) is 4.73. The molecule has 0 saturated carbocycles. The predicted molar refractivity (Wildman–Crippen MR) is 79.3 cm³/mol. The van der Waals surface area contributed by atoms with Gasteiger partial charge in [0.15, 0.2) is 0 Å². The van der Waals surface area contributed by atoms with Gasteiger partial charge in [-0.05, 0) is 49.2 Å². The number of rotatable bonds is 6. The molecule has 0 spiro atoms. The van der Waals surface area contributed by atoms with E-state index in [9.17, 15) is 4.39 Å². The average molecular weight is 273 g/mol. The third-order valence-corrected chi connectivity index (χ3v) is 3.20. The Kier molecular flexibility index (Phi) is 5.13. The van der Waals surface area contributed by atoms with Gasteiger partial charge in [-0.1, -0.05) is 24.3 Å². The largest absolute Gasteiger partial charge is 0.494 e. The first-order valence-corrected chi connectivity index (χ1v) is 6.89. The van der Waals surface area contributed by atoms with Gasteiger partial charge in [-0.15, -0.1) is 0 Å². The minimum Gasteiger partial charge on any atom is -0.494 e. The van der Waals surface area contributed by atoms with Crippen molar-refractivity contribution in [3.05, 3.63) is 65.5 Å². The summed E-state index contributed by atoms with van der Waals surface area (Å²) in [6.07, 6.45) is 0. The molecule has 1 N–H and O–H groups in total. The molecule has 0 radical (unpaired) electrons. The summed E-state index contributed by atoms with van der Waals surface area (Å²) in [6.45, 7) is 5.41. The SMILES string of the molecule is CCOc1ccc(CN[C@H](C)c2cccc(F)c2)cc1. The smallest absolute Gasteiger partial charge is 0.123 e. The highest BCUT2D eigenvalue weighted by Crippen LogP contribution is 2.16. The molecule has 1 atom stereocenters. The highest BCUT2D eigenvalue weighted by atomic mass is 19.1. The number of hydrogen-bond donors (Lipinski definition) is 1. The molecule has 20 heavy (non-hydrogen) atoms. The van der Waals surface area contributed by atoms with Crippen molar-refractivity contribution in [2.45, 2.75) is 26.4 Å². The second-order valence-corrected chi connectivity index (χ2v) is 4.73. The zero-order valence-electron chi connectivity index (χ0n) is 11.9. The van der Waals surface area contributed by atoms with Crippen LogP contribution in [0.5, 0.6) is 5.75 Å². The summed E-state index contributed by atoms with van der Waals surface area (Å²) in [5, 5.41) is 3.39. The van der Waals surface area contributed by atoms with Crippen LogP contribution >= 0.6 is 0 Å². The Balaban J connectivity index is 1.91. The summed E-state index contributed by atoms with van der Waals surface area (Å²) in [6, 6.07) is 14.8. The van der Waals surface area contributed by atoms with Crippen LogP contribution in [0.4, 0.5) is 4.39 Å². The van der Waals surface area contributed by atoms with Crippen molar-refractivity contribution in [3.8, 4) is 5.75 Å². The molecule has 0 aliphatic carbocycles. The Morgan fingerprint density at radius 2 is 1.90 bits per heavy atom. The van der Waals surface area contributed by atoms with Crippen LogP contribution in [-0.2, 0) is 6.54 Å². The van der Waals surface area contributed by atoms with Gasteiger partial charge in [-0.3, -0.25) is 0 Å². The number of benzene rings is 2. The van der Waals surface area contributed by atoms with Gasteiger partial charge in [-0.25, -0.2) is 4.39 Å². The van der Waals surface area contributed by atoms with Crippen molar-refractivity contribution in [1.29, 1.82) is 0 Å². The van der Waals surface area contributed by atoms with Gasteiger partial charge in [-0.2, -0.15) is 0 Å². The maximum Gasteiger partial charge on any atom is 0.123 e. The van der Waals surface area contributed by atoms with Crippen LogP contribution in [0, 0.1) is 5.82 Å². The number of hydrogen-bond acceptors (Lipinski definition) is 2. The topological polar surface area (TPSA) is 21.3 Å². The predicted octanol–water partition coefficient (Wildman–Crippen LogP) is 4.08. The zero-order valence-corrected chi connectivity index (χ0v) is 11.9. The minimum absolute atomic E-state index is 0.109. The molecule has 3 heteroatoms. The Morgan fingerprint density at radius 1 is 1.15 bits per heavy atom. The lowest BCUT2D eigenvalue weighted by Crippen LogP contribution is -2.18. The molecule has 2 aromatic rings. The molecule has 0 aromatic heterocycles. The summed E-state index contributed by atoms with van der Waals surface area (Å²) in [5.74, 6) is 0.687. The van der Waals surface area contributed by atoms with E-state index in [2.05, 4.69) is 5.32 Å². The molecule has 0 saturated heterocycles. The van der Waals surface area contributed by atoms with Crippen LogP contribution in [0.15, 0.2) is 48.5 Å². The zero-order chi connectivity index (χ0) is 14.4. The van der Waals surface area contributed by atoms with E-state index in [0.717, 1.165) is 17.9 Å². The van der Waals surface area contributed by atoms with Crippen molar-refractivity contribution < 1.29 is 9.13 Å². The van der Waals surface area contributed by atoms with E-state index < -0.39 is 0 Å². The average Bonchev–Trinajstić information content (AvgIpc) is 2.46.